The molecule has 0 spiro atoms. The van der Waals surface area contributed by atoms with Gasteiger partial charge in [0.25, 0.3) is 0 Å². The molecule has 2 rings (SSSR count). The van der Waals surface area contributed by atoms with Crippen molar-refractivity contribution in [1.82, 2.24) is 9.62 Å². The minimum absolute atomic E-state index is 0.138. The van der Waals surface area contributed by atoms with Gasteiger partial charge in [0.1, 0.15) is 5.75 Å². The lowest BCUT2D eigenvalue weighted by molar-refractivity contribution is -0.123. The van der Waals surface area contributed by atoms with Gasteiger partial charge in [-0.3, -0.25) is 4.79 Å². The summed E-state index contributed by atoms with van der Waals surface area (Å²) in [6, 6.07) is 6.28. The summed E-state index contributed by atoms with van der Waals surface area (Å²) >= 11 is 0. The topological polar surface area (TPSA) is 75.7 Å². The molecule has 1 N–H and O–H groups in total. The van der Waals surface area contributed by atoms with Crippen LogP contribution in [0.2, 0.25) is 0 Å². The number of amides is 1. The number of hydrogen-bond donors (Lipinski definition) is 1. The van der Waals surface area contributed by atoms with Crippen molar-refractivity contribution in [3.63, 3.8) is 0 Å². The Kier molecular flexibility index (Phi) is 7.28. The Labute approximate surface area is 163 Å². The molecule has 1 aromatic rings. The fourth-order valence-corrected chi connectivity index (χ4v) is 5.03. The Morgan fingerprint density at radius 2 is 1.74 bits per heavy atom. The number of hydrogen-bond acceptors (Lipinski definition) is 4. The van der Waals surface area contributed by atoms with Gasteiger partial charge in [-0.2, -0.15) is 4.31 Å². The molecule has 0 radical (unpaired) electrons. The maximum atomic E-state index is 13.3. The smallest absolute Gasteiger partial charge is 0.243 e. The fraction of sp³-hybridized carbons (Fsp3) is 0.650. The van der Waals surface area contributed by atoms with Gasteiger partial charge in [-0.25, -0.2) is 8.42 Å². The number of carbonyl (C=O) groups excluding carboxylic acids is 1. The van der Waals surface area contributed by atoms with Crippen LogP contribution in [0.4, 0.5) is 0 Å². The standard InChI is InChI=1S/C20H32N2O4S/c1-5-26-17-11-13-18(14-12-17)27(24,25)22(16-9-7-6-8-10-16)15-19(23)21-20(2,3)4/h11-14,16H,5-10,15H2,1-4H3,(H,21,23). The number of nitrogens with one attached hydrogen (secondary N) is 1. The minimum Gasteiger partial charge on any atom is -0.494 e. The molecule has 0 aliphatic heterocycles. The predicted octanol–water partition coefficient (Wildman–Crippen LogP) is 3.32. The molecule has 0 aromatic heterocycles. The second-order valence-electron chi connectivity index (χ2n) is 8.04. The minimum atomic E-state index is -3.77. The Hall–Kier alpha value is -1.60. The molecule has 152 valence electrons. The van der Waals surface area contributed by atoms with E-state index in [1.54, 1.807) is 24.3 Å². The van der Waals surface area contributed by atoms with Crippen molar-refractivity contribution >= 4 is 15.9 Å². The average molecular weight is 397 g/mol. The van der Waals surface area contributed by atoms with Crippen molar-refractivity contribution in [3.05, 3.63) is 24.3 Å². The van der Waals surface area contributed by atoms with E-state index in [9.17, 15) is 13.2 Å². The average Bonchev–Trinajstić information content (AvgIpc) is 2.59. The molecule has 1 aromatic carbocycles. The molecule has 0 heterocycles. The number of sulfonamides is 1. The summed E-state index contributed by atoms with van der Waals surface area (Å²) < 4.78 is 33.4. The molecule has 1 aliphatic carbocycles. The van der Waals surface area contributed by atoms with Crippen LogP contribution in [0.5, 0.6) is 5.75 Å². The number of ether oxygens (including phenoxy) is 1. The Morgan fingerprint density at radius 3 is 2.26 bits per heavy atom. The van der Waals surface area contributed by atoms with Crippen molar-refractivity contribution in [2.45, 2.75) is 76.3 Å². The van der Waals surface area contributed by atoms with Gasteiger partial charge in [0, 0.05) is 11.6 Å². The highest BCUT2D eigenvalue weighted by Gasteiger charge is 2.34. The number of rotatable bonds is 7. The molecular formula is C20H32N2O4S. The van der Waals surface area contributed by atoms with Crippen LogP contribution in [-0.2, 0) is 14.8 Å². The van der Waals surface area contributed by atoms with Crippen LogP contribution >= 0.6 is 0 Å². The molecule has 7 heteroatoms. The zero-order chi connectivity index (χ0) is 20.1. The lowest BCUT2D eigenvalue weighted by Gasteiger charge is -2.33. The van der Waals surface area contributed by atoms with Crippen LogP contribution in [0, 0.1) is 0 Å². The second-order valence-corrected chi connectivity index (χ2v) is 9.94. The van der Waals surface area contributed by atoms with Gasteiger partial charge in [-0.05, 0) is 64.8 Å². The molecule has 27 heavy (non-hydrogen) atoms. The summed E-state index contributed by atoms with van der Waals surface area (Å²) in [5, 5.41) is 2.87. The maximum absolute atomic E-state index is 13.3. The van der Waals surface area contributed by atoms with E-state index in [1.165, 1.54) is 4.31 Å². The largest absolute Gasteiger partial charge is 0.494 e. The van der Waals surface area contributed by atoms with Crippen molar-refractivity contribution in [1.29, 1.82) is 0 Å². The molecule has 6 nitrogen and oxygen atoms in total. The third kappa shape index (κ3) is 6.21. The van der Waals surface area contributed by atoms with E-state index in [-0.39, 0.29) is 23.4 Å². The van der Waals surface area contributed by atoms with Gasteiger partial charge in [0.15, 0.2) is 0 Å². The van der Waals surface area contributed by atoms with E-state index in [1.807, 2.05) is 27.7 Å². The van der Waals surface area contributed by atoms with E-state index >= 15 is 0 Å². The van der Waals surface area contributed by atoms with Gasteiger partial charge in [-0.15, -0.1) is 0 Å². The quantitative estimate of drug-likeness (QED) is 0.767. The van der Waals surface area contributed by atoms with Crippen LogP contribution in [0.3, 0.4) is 0 Å². The SMILES string of the molecule is CCOc1ccc(S(=O)(=O)N(CC(=O)NC(C)(C)C)C2CCCCC2)cc1. The molecular weight excluding hydrogens is 364 g/mol. The van der Waals surface area contributed by atoms with Gasteiger partial charge in [0.05, 0.1) is 18.0 Å². The molecule has 1 fully saturated rings. The highest BCUT2D eigenvalue weighted by Crippen LogP contribution is 2.28. The fourth-order valence-electron chi connectivity index (χ4n) is 3.39. The summed E-state index contributed by atoms with van der Waals surface area (Å²) in [5.41, 5.74) is -0.405. The van der Waals surface area contributed by atoms with E-state index < -0.39 is 15.6 Å². The van der Waals surface area contributed by atoms with Gasteiger partial charge in [0.2, 0.25) is 15.9 Å². The van der Waals surface area contributed by atoms with Crippen molar-refractivity contribution in [2.75, 3.05) is 13.2 Å². The summed E-state index contributed by atoms with van der Waals surface area (Å²) in [6.45, 7) is 7.90. The van der Waals surface area contributed by atoms with Crippen LogP contribution in [0.15, 0.2) is 29.2 Å². The van der Waals surface area contributed by atoms with Gasteiger partial charge < -0.3 is 10.1 Å². The Balaban J connectivity index is 2.28. The molecule has 1 saturated carbocycles. The monoisotopic (exact) mass is 396 g/mol. The molecule has 0 atom stereocenters. The number of carbonyl (C=O) groups is 1. The molecule has 0 bridgehead atoms. The first-order valence-electron chi connectivity index (χ1n) is 9.69. The summed E-state index contributed by atoms with van der Waals surface area (Å²) in [6.07, 6.45) is 4.67. The maximum Gasteiger partial charge on any atom is 0.243 e. The highest BCUT2D eigenvalue weighted by atomic mass is 32.2. The van der Waals surface area contributed by atoms with Crippen LogP contribution < -0.4 is 10.1 Å². The van der Waals surface area contributed by atoms with Crippen LogP contribution in [0.1, 0.15) is 59.8 Å². The number of benzene rings is 1. The third-order valence-corrected chi connectivity index (χ3v) is 6.45. The summed E-state index contributed by atoms with van der Waals surface area (Å²) in [4.78, 5) is 12.7. The number of nitrogens with zero attached hydrogens (tertiary/aromatic N) is 1. The van der Waals surface area contributed by atoms with Crippen LogP contribution in [-0.4, -0.2) is 43.4 Å². The second kappa shape index (κ2) is 9.06. The lowest BCUT2D eigenvalue weighted by atomic mass is 9.95. The van der Waals surface area contributed by atoms with E-state index in [0.717, 1.165) is 32.1 Å². The van der Waals surface area contributed by atoms with Crippen molar-refractivity contribution in [3.8, 4) is 5.75 Å². The van der Waals surface area contributed by atoms with Crippen molar-refractivity contribution in [2.24, 2.45) is 0 Å². The lowest BCUT2D eigenvalue weighted by Crippen LogP contribution is -2.50. The Morgan fingerprint density at radius 1 is 1.15 bits per heavy atom. The van der Waals surface area contributed by atoms with Crippen LogP contribution in [0.25, 0.3) is 0 Å². The van der Waals surface area contributed by atoms with E-state index in [0.29, 0.717) is 12.4 Å². The summed E-state index contributed by atoms with van der Waals surface area (Å²) in [5.74, 6) is 0.355. The first kappa shape index (κ1) is 21.7. The van der Waals surface area contributed by atoms with E-state index in [2.05, 4.69) is 5.32 Å². The molecule has 0 unspecified atom stereocenters. The Bertz CT molecular complexity index is 717. The first-order valence-corrected chi connectivity index (χ1v) is 11.1. The first-order chi connectivity index (χ1) is 12.6. The zero-order valence-electron chi connectivity index (χ0n) is 16.8. The normalized spacial score (nSPS) is 16.3. The predicted molar refractivity (Wildman–Crippen MR) is 106 cm³/mol. The molecule has 1 amide bonds. The molecule has 0 saturated heterocycles. The molecule has 1 aliphatic rings. The van der Waals surface area contributed by atoms with Gasteiger partial charge >= 0.3 is 0 Å². The van der Waals surface area contributed by atoms with Gasteiger partial charge in [-0.1, -0.05) is 19.3 Å². The third-order valence-electron chi connectivity index (χ3n) is 4.54. The van der Waals surface area contributed by atoms with Crippen molar-refractivity contribution < 1.29 is 17.9 Å². The highest BCUT2D eigenvalue weighted by molar-refractivity contribution is 7.89. The summed E-state index contributed by atoms with van der Waals surface area (Å²) in [7, 11) is -3.77. The zero-order valence-corrected chi connectivity index (χ0v) is 17.6. The van der Waals surface area contributed by atoms with E-state index in [4.69, 9.17) is 4.74 Å².